The summed E-state index contributed by atoms with van der Waals surface area (Å²) in [5.74, 6) is -0.888. The topological polar surface area (TPSA) is 50.2 Å². The van der Waals surface area contributed by atoms with Crippen molar-refractivity contribution >= 4 is 5.97 Å². The zero-order chi connectivity index (χ0) is 9.26. The Labute approximate surface area is 76.4 Å². The number of carboxylic acids is 1. The summed E-state index contributed by atoms with van der Waals surface area (Å²) in [5.41, 5.74) is 2.50. The second-order valence-corrected chi connectivity index (χ2v) is 3.34. The van der Waals surface area contributed by atoms with Gasteiger partial charge in [0.15, 0.2) is 0 Å². The largest absolute Gasteiger partial charge is 0.478 e. The molecule has 13 heavy (non-hydrogen) atoms. The zero-order valence-corrected chi connectivity index (χ0v) is 7.29. The predicted molar refractivity (Wildman–Crippen MR) is 47.8 cm³/mol. The Hall–Kier alpha value is -1.38. The van der Waals surface area contributed by atoms with E-state index in [9.17, 15) is 4.79 Å². The number of pyridine rings is 1. The summed E-state index contributed by atoms with van der Waals surface area (Å²) in [4.78, 5) is 14.8. The second-order valence-electron chi connectivity index (χ2n) is 3.34. The Morgan fingerprint density at radius 2 is 2.15 bits per heavy atom. The van der Waals surface area contributed by atoms with E-state index in [4.69, 9.17) is 5.11 Å². The summed E-state index contributed by atoms with van der Waals surface area (Å²) in [5, 5.41) is 8.75. The molecule has 0 amide bonds. The lowest BCUT2D eigenvalue weighted by atomic mass is 9.95. The molecule has 0 saturated heterocycles. The molecule has 3 heteroatoms. The van der Waals surface area contributed by atoms with Gasteiger partial charge >= 0.3 is 5.97 Å². The van der Waals surface area contributed by atoms with Crippen LogP contribution in [0.4, 0.5) is 0 Å². The van der Waals surface area contributed by atoms with Gasteiger partial charge in [0.25, 0.3) is 0 Å². The van der Waals surface area contributed by atoms with Gasteiger partial charge in [-0.25, -0.2) is 4.79 Å². The molecule has 1 aromatic heterocycles. The van der Waals surface area contributed by atoms with Crippen LogP contribution >= 0.6 is 0 Å². The van der Waals surface area contributed by atoms with Crippen molar-refractivity contribution in [2.75, 3.05) is 0 Å². The van der Waals surface area contributed by atoms with Crippen LogP contribution < -0.4 is 0 Å². The van der Waals surface area contributed by atoms with Crippen molar-refractivity contribution in [1.29, 1.82) is 0 Å². The second kappa shape index (κ2) is 3.17. The minimum Gasteiger partial charge on any atom is -0.478 e. The maximum atomic E-state index is 10.6. The number of hydrogen-bond donors (Lipinski definition) is 1. The Balaban J connectivity index is 2.40. The van der Waals surface area contributed by atoms with Crippen LogP contribution in [0.25, 0.3) is 0 Å². The van der Waals surface area contributed by atoms with E-state index < -0.39 is 5.97 Å². The molecular formula is C10H11NO2. The van der Waals surface area contributed by atoms with Crippen LogP contribution in [0.2, 0.25) is 0 Å². The molecular weight excluding hydrogens is 166 g/mol. The van der Waals surface area contributed by atoms with Gasteiger partial charge in [-0.05, 0) is 37.3 Å². The van der Waals surface area contributed by atoms with E-state index in [0.29, 0.717) is 5.56 Å². The van der Waals surface area contributed by atoms with Crippen LogP contribution in [0.5, 0.6) is 0 Å². The van der Waals surface area contributed by atoms with Gasteiger partial charge in [-0.2, -0.15) is 0 Å². The molecule has 0 atom stereocenters. The summed E-state index contributed by atoms with van der Waals surface area (Å²) in [6, 6.07) is 1.75. The van der Waals surface area contributed by atoms with E-state index in [1.165, 1.54) is 12.6 Å². The van der Waals surface area contributed by atoms with Gasteiger partial charge in [0.1, 0.15) is 0 Å². The van der Waals surface area contributed by atoms with Crippen molar-refractivity contribution in [3.05, 3.63) is 29.1 Å². The number of aryl methyl sites for hydroxylation is 2. The summed E-state index contributed by atoms with van der Waals surface area (Å²) < 4.78 is 0. The molecule has 2 rings (SSSR count). The highest BCUT2D eigenvalue weighted by Crippen LogP contribution is 2.19. The van der Waals surface area contributed by atoms with Crippen LogP contribution in [-0.4, -0.2) is 16.1 Å². The lowest BCUT2D eigenvalue weighted by Crippen LogP contribution is -2.08. The Morgan fingerprint density at radius 3 is 2.92 bits per heavy atom. The highest BCUT2D eigenvalue weighted by molar-refractivity contribution is 5.87. The van der Waals surface area contributed by atoms with Gasteiger partial charge in [0.2, 0.25) is 0 Å². The van der Waals surface area contributed by atoms with Crippen LogP contribution in [0.1, 0.15) is 34.5 Å². The first-order chi connectivity index (χ1) is 6.27. The van der Waals surface area contributed by atoms with Crippen LogP contribution in [-0.2, 0) is 12.8 Å². The molecule has 0 saturated carbocycles. The van der Waals surface area contributed by atoms with E-state index in [0.717, 1.165) is 30.5 Å². The molecule has 1 aromatic rings. The average molecular weight is 177 g/mol. The molecule has 1 N–H and O–H groups in total. The van der Waals surface area contributed by atoms with Gasteiger partial charge < -0.3 is 5.11 Å². The smallest absolute Gasteiger partial charge is 0.337 e. The van der Waals surface area contributed by atoms with Gasteiger partial charge in [0.05, 0.1) is 5.56 Å². The Morgan fingerprint density at radius 1 is 1.38 bits per heavy atom. The third-order valence-electron chi connectivity index (χ3n) is 2.42. The van der Waals surface area contributed by atoms with E-state index in [2.05, 4.69) is 4.98 Å². The SMILES string of the molecule is O=C(O)c1cnc2c(c1)CCCC2. The molecule has 0 aliphatic heterocycles. The zero-order valence-electron chi connectivity index (χ0n) is 7.29. The minimum absolute atomic E-state index is 0.306. The number of fused-ring (bicyclic) bond motifs is 1. The summed E-state index contributed by atoms with van der Waals surface area (Å²) in [6.07, 6.45) is 5.75. The summed E-state index contributed by atoms with van der Waals surface area (Å²) in [6.45, 7) is 0. The lowest BCUT2D eigenvalue weighted by Gasteiger charge is -2.14. The van der Waals surface area contributed by atoms with Crippen LogP contribution in [0, 0.1) is 0 Å². The van der Waals surface area contributed by atoms with Gasteiger partial charge in [-0.15, -0.1) is 0 Å². The lowest BCUT2D eigenvalue weighted by molar-refractivity contribution is 0.0696. The normalized spacial score (nSPS) is 15.1. The number of carboxylic acid groups (broad SMARTS) is 1. The molecule has 1 aliphatic rings. The standard InChI is InChI=1S/C10H11NO2/c12-10(13)8-5-7-3-1-2-4-9(7)11-6-8/h5-6H,1-4H2,(H,12,13). The first-order valence-electron chi connectivity index (χ1n) is 4.48. The van der Waals surface area contributed by atoms with Crippen LogP contribution in [0.3, 0.4) is 0 Å². The number of aromatic nitrogens is 1. The summed E-state index contributed by atoms with van der Waals surface area (Å²) >= 11 is 0. The van der Waals surface area contributed by atoms with Crippen LogP contribution in [0.15, 0.2) is 12.3 Å². The number of hydrogen-bond acceptors (Lipinski definition) is 2. The molecule has 0 radical (unpaired) electrons. The number of rotatable bonds is 1. The van der Waals surface area contributed by atoms with Crippen molar-refractivity contribution in [3.63, 3.8) is 0 Å². The van der Waals surface area contributed by atoms with E-state index in [1.807, 2.05) is 0 Å². The predicted octanol–water partition coefficient (Wildman–Crippen LogP) is 1.66. The monoisotopic (exact) mass is 177 g/mol. The van der Waals surface area contributed by atoms with Crippen molar-refractivity contribution in [2.45, 2.75) is 25.7 Å². The quantitative estimate of drug-likeness (QED) is 0.709. The van der Waals surface area contributed by atoms with Crippen molar-refractivity contribution in [1.82, 2.24) is 4.98 Å². The number of nitrogens with zero attached hydrogens (tertiary/aromatic N) is 1. The molecule has 1 heterocycles. The first kappa shape index (κ1) is 8.23. The van der Waals surface area contributed by atoms with Gasteiger partial charge in [-0.3, -0.25) is 4.98 Å². The highest BCUT2D eigenvalue weighted by atomic mass is 16.4. The van der Waals surface area contributed by atoms with Gasteiger partial charge in [-0.1, -0.05) is 0 Å². The van der Waals surface area contributed by atoms with Crippen molar-refractivity contribution in [3.8, 4) is 0 Å². The molecule has 68 valence electrons. The Kier molecular flexibility index (Phi) is 2.00. The third kappa shape index (κ3) is 1.54. The molecule has 0 fully saturated rings. The number of carbonyl (C=O) groups is 1. The number of aromatic carboxylic acids is 1. The van der Waals surface area contributed by atoms with E-state index >= 15 is 0 Å². The molecule has 0 unspecified atom stereocenters. The third-order valence-corrected chi connectivity index (χ3v) is 2.42. The van der Waals surface area contributed by atoms with Crippen molar-refractivity contribution < 1.29 is 9.90 Å². The first-order valence-corrected chi connectivity index (χ1v) is 4.48. The fourth-order valence-corrected chi connectivity index (χ4v) is 1.71. The molecule has 0 spiro atoms. The molecule has 3 nitrogen and oxygen atoms in total. The average Bonchev–Trinajstić information content (AvgIpc) is 2.17. The molecule has 1 aliphatic carbocycles. The van der Waals surface area contributed by atoms with E-state index in [-0.39, 0.29) is 0 Å². The minimum atomic E-state index is -0.888. The molecule has 0 aromatic carbocycles. The maximum absolute atomic E-state index is 10.6. The summed E-state index contributed by atoms with van der Waals surface area (Å²) in [7, 11) is 0. The Bertz CT molecular complexity index is 347. The fourth-order valence-electron chi connectivity index (χ4n) is 1.71. The van der Waals surface area contributed by atoms with Gasteiger partial charge in [0, 0.05) is 11.9 Å². The van der Waals surface area contributed by atoms with E-state index in [1.54, 1.807) is 6.07 Å². The molecule has 0 bridgehead atoms. The maximum Gasteiger partial charge on any atom is 0.337 e. The fraction of sp³-hybridized carbons (Fsp3) is 0.400. The van der Waals surface area contributed by atoms with Crippen molar-refractivity contribution in [2.24, 2.45) is 0 Å². The highest BCUT2D eigenvalue weighted by Gasteiger charge is 2.12.